The van der Waals surface area contributed by atoms with Crippen molar-refractivity contribution in [2.24, 2.45) is 0 Å². The predicted molar refractivity (Wildman–Crippen MR) is 61.6 cm³/mol. The van der Waals surface area contributed by atoms with Crippen LogP contribution in [0.2, 0.25) is 0 Å². The first-order valence-electron chi connectivity index (χ1n) is 4.84. The fourth-order valence-corrected chi connectivity index (χ4v) is 1.06. The minimum Gasteiger partial charge on any atom is -0.623 e. The third-order valence-corrected chi connectivity index (χ3v) is 2.17. The number of rotatable bonds is 3. The van der Waals surface area contributed by atoms with Gasteiger partial charge in [-0.05, 0) is 6.07 Å². The second-order valence-electron chi connectivity index (χ2n) is 3.98. The van der Waals surface area contributed by atoms with Crippen molar-refractivity contribution in [3.8, 4) is 6.07 Å². The highest BCUT2D eigenvalue weighted by atomic mass is 16.6. The fourth-order valence-electron chi connectivity index (χ4n) is 1.06. The molecule has 17 heavy (non-hydrogen) atoms. The highest BCUT2D eigenvalue weighted by Crippen LogP contribution is 2.12. The lowest BCUT2D eigenvalue weighted by Gasteiger charge is -2.15. The highest BCUT2D eigenvalue weighted by Gasteiger charge is 2.25. The summed E-state index contributed by atoms with van der Waals surface area (Å²) < 4.78 is 0.478. The zero-order valence-electron chi connectivity index (χ0n) is 9.45. The number of hydroxylamine groups is 1. The normalized spacial score (nSPS) is 11.9. The van der Waals surface area contributed by atoms with Crippen molar-refractivity contribution < 1.29 is 9.66 Å². The molecule has 0 aromatic heterocycles. The van der Waals surface area contributed by atoms with Crippen LogP contribution in [-0.2, 0) is 0 Å². The molecule has 0 aliphatic rings. The molecule has 1 rings (SSSR count). The molecule has 0 amide bonds. The third-order valence-electron chi connectivity index (χ3n) is 2.17. The van der Waals surface area contributed by atoms with E-state index in [4.69, 9.17) is 5.26 Å². The maximum Gasteiger partial charge on any atom is 0.270 e. The molecule has 1 aromatic rings. The van der Waals surface area contributed by atoms with Crippen molar-refractivity contribution in [3.05, 3.63) is 45.2 Å². The van der Waals surface area contributed by atoms with Crippen molar-refractivity contribution in [2.45, 2.75) is 19.4 Å². The summed E-state index contributed by atoms with van der Waals surface area (Å²) in [6, 6.07) is 7.50. The summed E-state index contributed by atoms with van der Waals surface area (Å²) in [5, 5.41) is 30.9. The van der Waals surface area contributed by atoms with Gasteiger partial charge >= 0.3 is 0 Å². The van der Waals surface area contributed by atoms with E-state index in [-0.39, 0.29) is 5.69 Å². The Hall–Kier alpha value is -2.42. The van der Waals surface area contributed by atoms with Crippen LogP contribution in [0.1, 0.15) is 19.4 Å². The lowest BCUT2D eigenvalue weighted by atomic mass is 10.1. The van der Waals surface area contributed by atoms with E-state index >= 15 is 0 Å². The van der Waals surface area contributed by atoms with Gasteiger partial charge in [0, 0.05) is 31.5 Å². The number of nitro groups is 1. The summed E-state index contributed by atoms with van der Waals surface area (Å²) in [4.78, 5) is 10.00. The summed E-state index contributed by atoms with van der Waals surface area (Å²) in [6.45, 7) is 2.93. The number of benzene rings is 1. The van der Waals surface area contributed by atoms with Crippen LogP contribution < -0.4 is 0 Å². The minimum absolute atomic E-state index is 0.0955. The van der Waals surface area contributed by atoms with Gasteiger partial charge in [-0.3, -0.25) is 10.1 Å². The smallest absolute Gasteiger partial charge is 0.270 e. The van der Waals surface area contributed by atoms with Crippen LogP contribution in [0.15, 0.2) is 24.3 Å². The number of nitrogens with zero attached hydrogens (tertiary/aromatic N) is 3. The first-order chi connectivity index (χ1) is 7.86. The van der Waals surface area contributed by atoms with E-state index in [1.165, 1.54) is 32.0 Å². The van der Waals surface area contributed by atoms with E-state index in [2.05, 4.69) is 0 Å². The molecule has 6 nitrogen and oxygen atoms in total. The molecule has 0 aliphatic heterocycles. The number of hydrogen-bond donors (Lipinski definition) is 0. The summed E-state index contributed by atoms with van der Waals surface area (Å²) in [6.07, 6.45) is 1.16. The molecule has 0 fully saturated rings. The molecule has 0 saturated heterocycles. The quantitative estimate of drug-likeness (QED) is 0.261. The van der Waals surface area contributed by atoms with Crippen molar-refractivity contribution in [1.82, 2.24) is 0 Å². The zero-order chi connectivity index (χ0) is 13.1. The van der Waals surface area contributed by atoms with Crippen molar-refractivity contribution >= 4 is 11.9 Å². The number of non-ortho nitro benzene ring substituents is 1. The van der Waals surface area contributed by atoms with E-state index in [1.807, 2.05) is 6.07 Å². The zero-order valence-corrected chi connectivity index (χ0v) is 9.45. The molecule has 0 bridgehead atoms. The number of hydrogen-bond acceptors (Lipinski definition) is 4. The molecule has 0 radical (unpaired) electrons. The van der Waals surface area contributed by atoms with Gasteiger partial charge in [-0.15, -0.1) is 0 Å². The molecule has 0 heterocycles. The van der Waals surface area contributed by atoms with Gasteiger partial charge in [0.05, 0.1) is 4.92 Å². The van der Waals surface area contributed by atoms with Crippen LogP contribution >= 0.6 is 0 Å². The summed E-state index contributed by atoms with van der Waals surface area (Å²) in [5.74, 6) is 0. The monoisotopic (exact) mass is 233 g/mol. The van der Waals surface area contributed by atoms with E-state index in [9.17, 15) is 15.3 Å². The molecule has 0 unspecified atom stereocenters. The third kappa shape index (κ3) is 3.01. The van der Waals surface area contributed by atoms with E-state index < -0.39 is 10.5 Å². The van der Waals surface area contributed by atoms with Crippen LogP contribution in [-0.4, -0.2) is 21.4 Å². The van der Waals surface area contributed by atoms with E-state index in [0.29, 0.717) is 10.3 Å². The van der Waals surface area contributed by atoms with Gasteiger partial charge in [-0.1, -0.05) is 6.07 Å². The summed E-state index contributed by atoms with van der Waals surface area (Å²) in [5.41, 5.74) is -0.913. The van der Waals surface area contributed by atoms with Crippen LogP contribution in [0.4, 0.5) is 5.69 Å². The van der Waals surface area contributed by atoms with E-state index in [0.717, 1.165) is 6.21 Å². The molecular formula is C11H11N3O3. The van der Waals surface area contributed by atoms with Gasteiger partial charge in [0.25, 0.3) is 11.2 Å². The van der Waals surface area contributed by atoms with Crippen LogP contribution in [0, 0.1) is 26.7 Å². The Balaban J connectivity index is 3.12. The fraction of sp³-hybridized carbons (Fsp3) is 0.273. The molecule has 6 heteroatoms. The Morgan fingerprint density at radius 1 is 1.41 bits per heavy atom. The Morgan fingerprint density at radius 3 is 2.59 bits per heavy atom. The molecule has 0 aliphatic carbocycles. The topological polar surface area (TPSA) is 93.0 Å². The number of nitriles is 1. The van der Waals surface area contributed by atoms with Gasteiger partial charge in [-0.2, -0.15) is 10.0 Å². The Bertz CT molecular complexity index is 515. The van der Waals surface area contributed by atoms with Gasteiger partial charge in [0.1, 0.15) is 6.07 Å². The predicted octanol–water partition coefficient (Wildman–Crippen LogP) is 1.83. The largest absolute Gasteiger partial charge is 0.623 e. The summed E-state index contributed by atoms with van der Waals surface area (Å²) >= 11 is 0. The minimum atomic E-state index is -1.20. The lowest BCUT2D eigenvalue weighted by Crippen LogP contribution is -2.31. The van der Waals surface area contributed by atoms with Gasteiger partial charge in [-0.25, -0.2) is 0 Å². The second kappa shape index (κ2) is 4.61. The molecule has 0 spiro atoms. The lowest BCUT2D eigenvalue weighted by molar-refractivity contribution is -0.517. The summed E-state index contributed by atoms with van der Waals surface area (Å²) in [7, 11) is 0. The highest BCUT2D eigenvalue weighted by molar-refractivity contribution is 5.77. The first-order valence-corrected chi connectivity index (χ1v) is 4.84. The van der Waals surface area contributed by atoms with Crippen molar-refractivity contribution in [3.63, 3.8) is 0 Å². The van der Waals surface area contributed by atoms with Crippen LogP contribution in [0.5, 0.6) is 0 Å². The Labute approximate surface area is 98.2 Å². The average molecular weight is 233 g/mol. The number of nitro benzene ring substituents is 1. The van der Waals surface area contributed by atoms with Crippen molar-refractivity contribution in [2.75, 3.05) is 0 Å². The van der Waals surface area contributed by atoms with Gasteiger partial charge in [0.15, 0.2) is 6.21 Å². The Morgan fingerprint density at radius 2 is 2.06 bits per heavy atom. The molecule has 1 aromatic carbocycles. The SMILES string of the molecule is CC(C)(C#N)/[N+]([O-])=C/c1cccc([N+](=O)[O-])c1. The molecule has 0 atom stereocenters. The first kappa shape index (κ1) is 12.6. The Kier molecular flexibility index (Phi) is 3.43. The maximum atomic E-state index is 11.6. The molecule has 0 saturated carbocycles. The molecule has 0 N–H and O–H groups in total. The van der Waals surface area contributed by atoms with Crippen LogP contribution in [0.25, 0.3) is 0 Å². The average Bonchev–Trinajstić information content (AvgIpc) is 2.29. The molecule has 88 valence electrons. The molecular weight excluding hydrogens is 222 g/mol. The van der Waals surface area contributed by atoms with Gasteiger partial charge < -0.3 is 5.21 Å². The van der Waals surface area contributed by atoms with Gasteiger partial charge in [0.2, 0.25) is 0 Å². The van der Waals surface area contributed by atoms with Crippen molar-refractivity contribution in [1.29, 1.82) is 5.26 Å². The second-order valence-corrected chi connectivity index (χ2v) is 3.98. The van der Waals surface area contributed by atoms with Crippen LogP contribution in [0.3, 0.4) is 0 Å². The van der Waals surface area contributed by atoms with E-state index in [1.54, 1.807) is 6.07 Å². The maximum absolute atomic E-state index is 11.6. The standard InChI is InChI=1S/C11H11N3O3/c1-11(2,8-12)13(15)7-9-4-3-5-10(6-9)14(16)17/h3-7H,1-2H3/b13-7-.